The first-order valence-corrected chi connectivity index (χ1v) is 6.47. The van der Waals surface area contributed by atoms with Crippen molar-refractivity contribution in [2.24, 2.45) is 0 Å². The van der Waals surface area contributed by atoms with Crippen LogP contribution in [0, 0.1) is 25.4 Å². The first kappa shape index (κ1) is 12.1. The van der Waals surface area contributed by atoms with E-state index in [1.165, 1.54) is 0 Å². The van der Waals surface area contributed by atoms with Crippen LogP contribution in [-0.4, -0.2) is 43.8 Å². The molecule has 13 heavy (non-hydrogen) atoms. The molecule has 0 heterocycles. The summed E-state index contributed by atoms with van der Waals surface area (Å²) in [7, 11) is 0. The Morgan fingerprint density at radius 2 is 1.62 bits per heavy atom. The minimum absolute atomic E-state index is 1.20. The van der Waals surface area contributed by atoms with Crippen LogP contribution in [-0.2, 0) is 8.74 Å². The minimum atomic E-state index is -4.58. The molecule has 76 valence electrons. The van der Waals surface area contributed by atoms with Gasteiger partial charge in [-0.25, -0.2) is 0 Å². The third-order valence-corrected chi connectivity index (χ3v) is 3.54. The molecule has 0 radical (unpaired) electrons. The van der Waals surface area contributed by atoms with Gasteiger partial charge in [-0.2, -0.15) is 0 Å². The third-order valence-electron chi connectivity index (χ3n) is 0.403. The Balaban J connectivity index is 4.02. The monoisotopic (exact) mass is 396 g/mol. The Labute approximate surface area is 78.4 Å². The summed E-state index contributed by atoms with van der Waals surface area (Å²) >= 11 is -4.58. The van der Waals surface area contributed by atoms with Gasteiger partial charge < -0.3 is 0 Å². The normalized spacial score (nSPS) is 10.2. The molecule has 0 saturated carbocycles. The fourth-order valence-electron chi connectivity index (χ4n) is 0.211. The molecule has 0 aliphatic rings. The fraction of sp³-hybridized carbons (Fsp3) is 0. The molecule has 13 heteroatoms. The van der Waals surface area contributed by atoms with Crippen molar-refractivity contribution in [3.8, 4) is 0 Å². The van der Waals surface area contributed by atoms with Crippen LogP contribution in [0.2, 0.25) is 0 Å². The predicted molar refractivity (Wildman–Crippen MR) is 30.0 cm³/mol. The van der Waals surface area contributed by atoms with Crippen LogP contribution in [0.5, 0.6) is 0 Å². The van der Waals surface area contributed by atoms with E-state index < -0.39 is 38.6 Å². The van der Waals surface area contributed by atoms with Gasteiger partial charge in [0.25, 0.3) is 0 Å². The Morgan fingerprint density at radius 1 is 1.23 bits per heavy atom. The van der Waals surface area contributed by atoms with Crippen molar-refractivity contribution in [2.75, 3.05) is 0 Å². The standard InChI is InChI=1S/Bi.HNO3.2NO3/c;3*2-1(3)4/h;2H;;/q+3;-2;2*-1. The van der Waals surface area contributed by atoms with Crippen LogP contribution in [0.3, 0.4) is 0 Å². The molecule has 0 spiro atoms. The second kappa shape index (κ2) is 5.71. The van der Waals surface area contributed by atoms with Gasteiger partial charge in [-0.1, -0.05) is 0 Å². The van der Waals surface area contributed by atoms with Crippen molar-refractivity contribution in [1.82, 2.24) is 5.39 Å². The molecule has 0 aromatic carbocycles. The topological polar surface area (TPSA) is 161 Å². The molecule has 0 bridgehead atoms. The quantitative estimate of drug-likeness (QED) is 0.318. The molecule has 0 atom stereocenters. The zero-order valence-electron chi connectivity index (χ0n) is 5.50. The molecular weight excluding hydrogens is 395 g/mol. The van der Waals surface area contributed by atoms with E-state index in [-0.39, 0.29) is 0 Å². The Hall–Kier alpha value is -0.877. The fourth-order valence-corrected chi connectivity index (χ4v) is 1.85. The molecule has 0 saturated heterocycles. The predicted octanol–water partition coefficient (Wildman–Crippen LogP) is -1.49. The average molecular weight is 396 g/mol. The van der Waals surface area contributed by atoms with Gasteiger partial charge in [-0.15, -0.1) is 0 Å². The molecule has 0 unspecified atom stereocenters. The second-order valence-electron chi connectivity index (χ2n) is 1.15. The van der Waals surface area contributed by atoms with Crippen molar-refractivity contribution in [3.63, 3.8) is 0 Å². The van der Waals surface area contributed by atoms with E-state index in [1.807, 2.05) is 0 Å². The summed E-state index contributed by atoms with van der Waals surface area (Å²) in [5.41, 5.74) is 0. The molecule has 1 N–H and O–H groups in total. The van der Waals surface area contributed by atoms with Gasteiger partial charge in [0.1, 0.15) is 0 Å². The summed E-state index contributed by atoms with van der Waals surface area (Å²) < 4.78 is 10.6. The number of hydrogen-bond donors (Lipinski definition) is 1. The van der Waals surface area contributed by atoms with E-state index in [0.29, 0.717) is 0 Å². The summed E-state index contributed by atoms with van der Waals surface area (Å²) in [5, 5.41) is 32.8. The molecule has 12 nitrogen and oxygen atoms in total. The number of nitrogens with zero attached hydrogens (tertiary/aromatic N) is 3. The SMILES string of the molecule is O=[N+]([O-])[O][Bi]([O]N([O-])O)[O][N+](=O)[O-]. The molecule has 0 aliphatic carbocycles. The van der Waals surface area contributed by atoms with Crippen LogP contribution < -0.4 is 0 Å². The van der Waals surface area contributed by atoms with E-state index >= 15 is 0 Å². The Bertz CT molecular complexity index is 173. The summed E-state index contributed by atoms with van der Waals surface area (Å²) in [4.78, 5) is 19.2. The first-order valence-electron chi connectivity index (χ1n) is 2.21. The van der Waals surface area contributed by atoms with Crippen LogP contribution >= 0.6 is 0 Å². The van der Waals surface area contributed by atoms with Crippen LogP contribution in [0.1, 0.15) is 0 Å². The molecule has 0 fully saturated rings. The maximum absolute atomic E-state index is 9.71. The Morgan fingerprint density at radius 3 is 1.85 bits per heavy atom. The average Bonchev–Trinajstić information content (AvgIpc) is 1.80. The van der Waals surface area contributed by atoms with Crippen LogP contribution in [0.4, 0.5) is 0 Å². The van der Waals surface area contributed by atoms with E-state index in [4.69, 9.17) is 5.21 Å². The molecule has 0 rings (SSSR count). The van der Waals surface area contributed by atoms with Crippen molar-refractivity contribution < 1.29 is 24.1 Å². The summed E-state index contributed by atoms with van der Waals surface area (Å²) in [6, 6.07) is 0. The van der Waals surface area contributed by atoms with Gasteiger partial charge in [-0.05, 0) is 0 Å². The summed E-state index contributed by atoms with van der Waals surface area (Å²) in [5.74, 6) is 0. The Kier molecular flexibility index (Phi) is 5.33. The van der Waals surface area contributed by atoms with Gasteiger partial charge in [-0.3, -0.25) is 0 Å². The van der Waals surface area contributed by atoms with Gasteiger partial charge in [0.05, 0.1) is 0 Å². The van der Waals surface area contributed by atoms with Crippen LogP contribution in [0.15, 0.2) is 0 Å². The van der Waals surface area contributed by atoms with E-state index in [9.17, 15) is 25.4 Å². The number of rotatable bonds is 6. The summed E-state index contributed by atoms with van der Waals surface area (Å²) in [6.45, 7) is 0. The van der Waals surface area contributed by atoms with Gasteiger partial charge >= 0.3 is 78.0 Å². The molecule has 0 aromatic rings. The van der Waals surface area contributed by atoms with Gasteiger partial charge in [0.15, 0.2) is 0 Å². The van der Waals surface area contributed by atoms with Crippen molar-refractivity contribution >= 4 is 23.1 Å². The zero-order chi connectivity index (χ0) is 10.4. The van der Waals surface area contributed by atoms with E-state index in [2.05, 4.69) is 8.74 Å². The molecule has 0 aromatic heterocycles. The first-order chi connectivity index (χ1) is 5.91. The van der Waals surface area contributed by atoms with Crippen molar-refractivity contribution in [1.29, 1.82) is 0 Å². The van der Waals surface area contributed by atoms with Gasteiger partial charge in [0, 0.05) is 0 Å². The van der Waals surface area contributed by atoms with Crippen LogP contribution in [0.25, 0.3) is 0 Å². The van der Waals surface area contributed by atoms with E-state index in [0.717, 1.165) is 0 Å². The van der Waals surface area contributed by atoms with E-state index in [1.54, 1.807) is 0 Å². The number of hydrogen-bond acceptors (Lipinski definition) is 10. The molecular formula is HBiN3O9-. The van der Waals surface area contributed by atoms with Crippen molar-refractivity contribution in [2.45, 2.75) is 0 Å². The van der Waals surface area contributed by atoms with Crippen molar-refractivity contribution in [3.05, 3.63) is 25.4 Å². The molecule has 0 amide bonds. The third kappa shape index (κ3) is 7.48. The maximum atomic E-state index is 9.71. The summed E-state index contributed by atoms with van der Waals surface area (Å²) in [6.07, 6.45) is 0. The second-order valence-corrected chi connectivity index (χ2v) is 4.80. The molecule has 0 aliphatic heterocycles. The van der Waals surface area contributed by atoms with Gasteiger partial charge in [0.2, 0.25) is 0 Å². The zero-order valence-corrected chi connectivity index (χ0v) is 8.98.